The van der Waals surface area contributed by atoms with E-state index in [-0.39, 0.29) is 18.8 Å². The van der Waals surface area contributed by atoms with Crippen LogP contribution in [0, 0.1) is 0 Å². The first-order chi connectivity index (χ1) is 23.4. The van der Waals surface area contributed by atoms with E-state index >= 15 is 0 Å². The van der Waals surface area contributed by atoms with Gasteiger partial charge in [-0.25, -0.2) is 4.79 Å². The molecule has 0 radical (unpaired) electrons. The number of nitrogens with zero attached hydrogens (tertiary/aromatic N) is 3. The summed E-state index contributed by atoms with van der Waals surface area (Å²) >= 11 is 0. The number of aliphatic hydroxyl groups is 4. The number of aryl methyl sites for hydroxylation is 1. The summed E-state index contributed by atoms with van der Waals surface area (Å²) in [6, 6.07) is 7.10. The number of aromatic nitrogens is 2. The Morgan fingerprint density at radius 1 is 1.04 bits per heavy atom. The lowest BCUT2D eigenvalue weighted by atomic mass is 9.97. The lowest BCUT2D eigenvalue weighted by Crippen LogP contribution is -2.59. The molecule has 8 N–H and O–H groups in total. The molecule has 2 saturated heterocycles. The Morgan fingerprint density at radius 2 is 1.76 bits per heavy atom. The number of nitrogens with two attached hydrogens (primary N) is 1. The Balaban J connectivity index is 1.43. The lowest BCUT2D eigenvalue weighted by molar-refractivity contribution is -0.232. The average Bonchev–Trinajstić information content (AvgIpc) is 3.48. The summed E-state index contributed by atoms with van der Waals surface area (Å²) < 4.78 is 18.6. The van der Waals surface area contributed by atoms with Crippen LogP contribution in [0.25, 0.3) is 0 Å². The van der Waals surface area contributed by atoms with Crippen molar-refractivity contribution < 1.29 is 44.2 Å². The van der Waals surface area contributed by atoms with E-state index in [9.17, 15) is 39.6 Å². The third-order valence-electron chi connectivity index (χ3n) is 9.13. The van der Waals surface area contributed by atoms with Gasteiger partial charge in [0.05, 0.1) is 0 Å². The number of carbonyl (C=O) groups excluding carboxylic acids is 2. The highest BCUT2D eigenvalue weighted by Gasteiger charge is 2.55. The van der Waals surface area contributed by atoms with E-state index in [1.807, 2.05) is 12.1 Å². The molecule has 3 aliphatic rings. The molecule has 17 heteroatoms. The molecule has 1 aromatic carbocycles. The van der Waals surface area contributed by atoms with Gasteiger partial charge in [0.25, 0.3) is 11.5 Å². The Morgan fingerprint density at radius 3 is 2.39 bits per heavy atom. The molecule has 5 rings (SSSR count). The highest BCUT2D eigenvalue weighted by atomic mass is 16.7. The number of H-pyrrole nitrogens is 1. The minimum atomic E-state index is -1.77. The smallest absolute Gasteiger partial charge is 0.330 e. The minimum absolute atomic E-state index is 0.0227. The predicted molar refractivity (Wildman–Crippen MR) is 173 cm³/mol. The van der Waals surface area contributed by atoms with Crippen molar-refractivity contribution in [3.05, 3.63) is 74.7 Å². The number of nitrogens with one attached hydrogen (secondary N) is 2. The van der Waals surface area contributed by atoms with Crippen LogP contribution in [0.15, 0.2) is 57.9 Å². The number of hydrogen-bond acceptors (Lipinski definition) is 13. The van der Waals surface area contributed by atoms with E-state index in [2.05, 4.69) is 17.2 Å². The predicted octanol–water partition coefficient (Wildman–Crippen LogP) is -2.42. The van der Waals surface area contributed by atoms with Crippen LogP contribution in [0.1, 0.15) is 31.6 Å². The highest BCUT2D eigenvalue weighted by Crippen LogP contribution is 2.36. The summed E-state index contributed by atoms with van der Waals surface area (Å²) in [5.74, 6) is -1.24. The van der Waals surface area contributed by atoms with Crippen molar-refractivity contribution in [1.29, 1.82) is 0 Å². The van der Waals surface area contributed by atoms with Gasteiger partial charge in [0, 0.05) is 38.1 Å². The highest BCUT2D eigenvalue weighted by molar-refractivity contribution is 6.06. The molecule has 0 aliphatic carbocycles. The second-order valence-corrected chi connectivity index (χ2v) is 12.5. The SMILES string of the molecule is CCCCc1ccc(NC(=O)C2=CCN(C)C(C(OC3OC(CN)C(O)C3O)C3OC(n4ccc(=O)[nH]c4=O)C(O)C3O)C(=O)N2C)cc1. The number of carbonyl (C=O) groups is 2. The van der Waals surface area contributed by atoms with Crippen molar-refractivity contribution in [2.24, 2.45) is 5.73 Å². The van der Waals surface area contributed by atoms with Gasteiger partial charge in [0.1, 0.15) is 54.5 Å². The summed E-state index contributed by atoms with van der Waals surface area (Å²) in [6.45, 7) is 1.96. The van der Waals surface area contributed by atoms with Gasteiger partial charge in [0.15, 0.2) is 12.5 Å². The molecule has 2 amide bonds. The van der Waals surface area contributed by atoms with Crippen LogP contribution in [-0.4, -0.2) is 134 Å². The van der Waals surface area contributed by atoms with Crippen molar-refractivity contribution >= 4 is 17.5 Å². The molecule has 49 heavy (non-hydrogen) atoms. The number of anilines is 1. The van der Waals surface area contributed by atoms with Crippen LogP contribution >= 0.6 is 0 Å². The van der Waals surface area contributed by atoms with E-state index in [1.165, 1.54) is 11.9 Å². The first kappa shape index (κ1) is 36.5. The fraction of sp³-hybridized carbons (Fsp3) is 0.562. The van der Waals surface area contributed by atoms with Gasteiger partial charge in [-0.1, -0.05) is 25.5 Å². The van der Waals surface area contributed by atoms with Gasteiger partial charge in [-0.15, -0.1) is 0 Å². The average molecular weight is 689 g/mol. The van der Waals surface area contributed by atoms with Crippen LogP contribution < -0.4 is 22.3 Å². The molecule has 268 valence electrons. The van der Waals surface area contributed by atoms with Gasteiger partial charge in [-0.05, 0) is 43.7 Å². The zero-order valence-electron chi connectivity index (χ0n) is 27.4. The number of rotatable bonds is 11. The largest absolute Gasteiger partial charge is 0.387 e. The summed E-state index contributed by atoms with van der Waals surface area (Å²) in [7, 11) is 2.95. The zero-order chi connectivity index (χ0) is 35.6. The summed E-state index contributed by atoms with van der Waals surface area (Å²) in [6.07, 6.45) is -8.12. The lowest BCUT2D eigenvalue weighted by Gasteiger charge is -2.38. The molecule has 2 aromatic rings. The Hall–Kier alpha value is -3.78. The quantitative estimate of drug-likeness (QED) is 0.130. The molecule has 3 aliphatic heterocycles. The molecule has 0 saturated carbocycles. The normalized spacial score (nSPS) is 31.4. The van der Waals surface area contributed by atoms with Crippen molar-refractivity contribution in [2.45, 2.75) is 87.5 Å². The number of amides is 2. The first-order valence-corrected chi connectivity index (χ1v) is 16.1. The van der Waals surface area contributed by atoms with E-state index in [0.717, 1.165) is 46.6 Å². The van der Waals surface area contributed by atoms with Gasteiger partial charge < -0.3 is 50.6 Å². The van der Waals surface area contributed by atoms with Gasteiger partial charge >= 0.3 is 5.69 Å². The molecule has 2 fully saturated rings. The number of benzene rings is 1. The Kier molecular flexibility index (Phi) is 11.5. The van der Waals surface area contributed by atoms with Gasteiger partial charge in [-0.3, -0.25) is 28.8 Å². The number of hydrogen-bond donors (Lipinski definition) is 7. The second kappa shape index (κ2) is 15.4. The molecule has 0 spiro atoms. The summed E-state index contributed by atoms with van der Waals surface area (Å²) in [5.41, 5.74) is 5.74. The van der Waals surface area contributed by atoms with Gasteiger partial charge in [-0.2, -0.15) is 0 Å². The number of ether oxygens (including phenoxy) is 3. The van der Waals surface area contributed by atoms with Crippen LogP contribution in [0.4, 0.5) is 5.69 Å². The third kappa shape index (κ3) is 7.54. The van der Waals surface area contributed by atoms with Crippen LogP contribution in [0.5, 0.6) is 0 Å². The van der Waals surface area contributed by atoms with E-state index in [1.54, 1.807) is 25.3 Å². The topological polar surface area (TPSA) is 242 Å². The first-order valence-electron chi connectivity index (χ1n) is 16.1. The maximum absolute atomic E-state index is 14.3. The summed E-state index contributed by atoms with van der Waals surface area (Å²) in [5, 5.41) is 46.3. The van der Waals surface area contributed by atoms with E-state index in [0.29, 0.717) is 5.69 Å². The molecular weight excluding hydrogens is 644 g/mol. The third-order valence-corrected chi connectivity index (χ3v) is 9.13. The Labute approximate surface area is 281 Å². The van der Waals surface area contributed by atoms with Crippen molar-refractivity contribution in [1.82, 2.24) is 19.4 Å². The molecule has 4 heterocycles. The molecule has 1 aromatic heterocycles. The summed E-state index contributed by atoms with van der Waals surface area (Å²) in [4.78, 5) is 56.6. The molecule has 17 nitrogen and oxygen atoms in total. The number of aliphatic hydroxyl groups excluding tert-OH is 4. The minimum Gasteiger partial charge on any atom is -0.387 e. The van der Waals surface area contributed by atoms with Crippen molar-refractivity contribution in [3.63, 3.8) is 0 Å². The standard InChI is InChI=1S/C32H44N6O11/c1-4-5-6-16-7-9-17(10-8-16)34-28(44)18-11-13-36(2)21(29(45)37(18)3)26(49-31-25(43)22(40)19(15-33)47-31)27-23(41)24(42)30(48-27)38-14-12-20(39)35-32(38)46/h7-12,14,19,21-27,30-31,40-43H,4-6,13,15,33H2,1-3H3,(H,34,44)(H,35,39,46). The van der Waals surface area contributed by atoms with Gasteiger partial charge in [0.2, 0.25) is 5.91 Å². The van der Waals surface area contributed by atoms with E-state index < -0.39 is 84.4 Å². The second-order valence-electron chi connectivity index (χ2n) is 12.5. The monoisotopic (exact) mass is 688 g/mol. The fourth-order valence-corrected chi connectivity index (χ4v) is 6.28. The number of aromatic amines is 1. The molecule has 10 atom stereocenters. The molecule has 10 unspecified atom stereocenters. The fourth-order valence-electron chi connectivity index (χ4n) is 6.28. The van der Waals surface area contributed by atoms with E-state index in [4.69, 9.17) is 19.9 Å². The maximum Gasteiger partial charge on any atom is 0.330 e. The van der Waals surface area contributed by atoms with Crippen molar-refractivity contribution in [2.75, 3.05) is 32.5 Å². The Bertz CT molecular complexity index is 1630. The number of unbranched alkanes of at least 4 members (excludes halogenated alkanes) is 1. The number of likely N-dealkylation sites (N-methyl/N-ethyl adjacent to an activating group) is 2. The zero-order valence-corrected chi connectivity index (χ0v) is 27.4. The molecule has 0 bridgehead atoms. The maximum atomic E-state index is 14.3. The molecular formula is C32H44N6O11. The van der Waals surface area contributed by atoms with Crippen LogP contribution in [-0.2, 0) is 30.2 Å². The van der Waals surface area contributed by atoms with Crippen LogP contribution in [0.3, 0.4) is 0 Å². The van der Waals surface area contributed by atoms with Crippen LogP contribution in [0.2, 0.25) is 0 Å². The van der Waals surface area contributed by atoms with Crippen molar-refractivity contribution in [3.8, 4) is 0 Å².